The Balaban J connectivity index is 0.000000168. The minimum absolute atomic E-state index is 0.0440. The highest BCUT2D eigenvalue weighted by Gasteiger charge is 2.26. The lowest BCUT2D eigenvalue weighted by Gasteiger charge is -2.15. The molecule has 0 atom stereocenters. The maximum atomic E-state index is 14.2. The van der Waals surface area contributed by atoms with Gasteiger partial charge in [0.2, 0.25) is 5.89 Å². The van der Waals surface area contributed by atoms with Crippen LogP contribution in [0.1, 0.15) is 85.9 Å². The molecular weight excluding hydrogens is 1680 g/mol. The number of hydrogen-bond acceptors (Lipinski definition) is 19. The van der Waals surface area contributed by atoms with Crippen LogP contribution >= 0.6 is 24.4 Å². The second kappa shape index (κ2) is 44.2. The fourth-order valence-corrected chi connectivity index (χ4v) is 13.0. The second-order valence-corrected chi connectivity index (χ2v) is 28.9. The molecule has 0 aliphatic heterocycles. The molecule has 0 saturated heterocycles. The first-order valence-electron chi connectivity index (χ1n) is 39.1. The topological polar surface area (TPSA) is 377 Å². The van der Waals surface area contributed by atoms with Crippen molar-refractivity contribution in [2.75, 3.05) is 48.1 Å². The lowest BCUT2D eigenvalue weighted by Crippen LogP contribution is -2.45. The van der Waals surface area contributed by atoms with Crippen molar-refractivity contribution in [3.8, 4) is 45.2 Å². The van der Waals surface area contributed by atoms with Crippen LogP contribution < -0.4 is 59.8 Å². The first-order chi connectivity index (χ1) is 61.5. The highest BCUT2D eigenvalue weighted by molar-refractivity contribution is 7.80. The molecule has 0 unspecified atom stereocenters. The summed E-state index contributed by atoms with van der Waals surface area (Å²) in [4.78, 5) is 66.4. The standard InChI is InChI=1S/C24H23FN6OS.C24H21FN6O.C22H18FN3O2.C9H9N.C8H6O3.C5H5FN2.C2H7N3S/c1-14-7-6-8-15(2)20(14)28-22-21(27-19-12-11-16(25)13-31(19)22)17-9-4-5-10-18(17)23(32)29-30-24(33)26-3;1-14-7-6-8-15(2)20(14)28-22-21(27-19-12-11-16(25)13-31(19)22)17-9-4-5-10-18(17)23-29-30-24(26-3)32-23;1-13-6-5-7-14(2)19(13)25-21-20(16-8-3-4-9-17(16)22(27)28)24-18-11-10-15(23)12-26(18)21;1-7-5-4-6-8(2)9(7)10-3;9-5-6-3-1-2-4-7(6)8(10)11;6-4-1-2-5(7)8-3-4;1-4-2(6)5-3/h4-13,28H,1-3H3,(H,29,32)(H2,26,30,33);4-13,28H,1-3H3,(H,26,30);3-12,25H,1-2H3,(H,27,28);4-6H,1-2H3;1-5H,(H,10,11);1-3H,(H2,7,8);3H2,1H3,(H2,4,5,6). The van der Waals surface area contributed by atoms with Crippen LogP contribution in [-0.4, -0.2) is 109 Å². The van der Waals surface area contributed by atoms with Gasteiger partial charge in [-0.25, -0.2) is 57.8 Å². The van der Waals surface area contributed by atoms with Crippen molar-refractivity contribution < 1.29 is 51.4 Å². The predicted octanol–water partition coefficient (Wildman–Crippen LogP) is 18.8. The number of nitrogens with one attached hydrogen (secondary N) is 9. The normalized spacial score (nSPS) is 10.3. The Hall–Kier alpha value is -16.3. The summed E-state index contributed by atoms with van der Waals surface area (Å²) in [6.45, 7) is 22.8. The number of pyridine rings is 4. The van der Waals surface area contributed by atoms with Crippen molar-refractivity contribution in [1.82, 2.24) is 70.2 Å². The van der Waals surface area contributed by atoms with Gasteiger partial charge < -0.3 is 57.7 Å². The molecule has 15 N–H and O–H groups in total. The number of benzene rings is 8. The number of halogens is 4. The van der Waals surface area contributed by atoms with E-state index in [2.05, 4.69) is 85.4 Å². The molecule has 0 radical (unpaired) electrons. The molecule has 16 aromatic rings. The summed E-state index contributed by atoms with van der Waals surface area (Å²) in [7, 11) is 5.06. The summed E-state index contributed by atoms with van der Waals surface area (Å²) in [6, 6.07) is 63.2. The number of aromatic carboxylic acids is 2. The van der Waals surface area contributed by atoms with Gasteiger partial charge in [-0.1, -0.05) is 151 Å². The number of nitrogens with zero attached hydrogens (tertiary/aromatic N) is 10. The van der Waals surface area contributed by atoms with E-state index in [4.69, 9.17) is 49.9 Å². The van der Waals surface area contributed by atoms with E-state index in [0.717, 1.165) is 84.6 Å². The van der Waals surface area contributed by atoms with Crippen LogP contribution in [0, 0.1) is 85.2 Å². The molecule has 652 valence electrons. The molecule has 0 aliphatic rings. The van der Waals surface area contributed by atoms with Gasteiger partial charge in [0.1, 0.15) is 80.6 Å². The first-order valence-corrected chi connectivity index (χ1v) is 39.9. The molecule has 0 aliphatic carbocycles. The van der Waals surface area contributed by atoms with Crippen molar-refractivity contribution in [2.45, 2.75) is 55.4 Å². The van der Waals surface area contributed by atoms with E-state index in [9.17, 15) is 41.8 Å². The Morgan fingerprint density at radius 2 is 0.828 bits per heavy atom. The monoisotopic (exact) mass is 1760 g/mol. The fourth-order valence-electron chi connectivity index (χ4n) is 12.9. The van der Waals surface area contributed by atoms with Crippen molar-refractivity contribution in [3.05, 3.63) is 345 Å². The number of imidazole rings is 3. The Bertz CT molecular complexity index is 6670. The molecule has 8 aromatic heterocycles. The van der Waals surface area contributed by atoms with E-state index in [1.165, 1.54) is 67.1 Å². The summed E-state index contributed by atoms with van der Waals surface area (Å²) in [6.07, 6.45) is 5.75. The molecule has 0 spiro atoms. The van der Waals surface area contributed by atoms with Crippen LogP contribution in [0.5, 0.6) is 0 Å². The molecule has 28 nitrogen and oxygen atoms in total. The van der Waals surface area contributed by atoms with Crippen LogP contribution in [0.25, 0.3) is 67.0 Å². The molecule has 0 fully saturated rings. The second-order valence-electron chi connectivity index (χ2n) is 28.1. The molecule has 8 aromatic carbocycles. The number of aryl methyl sites for hydroxylation is 8. The summed E-state index contributed by atoms with van der Waals surface area (Å²) < 4.78 is 65.0. The van der Waals surface area contributed by atoms with E-state index in [1.807, 2.05) is 159 Å². The average Bonchev–Trinajstić information content (AvgIpc) is 1.62. The Morgan fingerprint density at radius 1 is 0.453 bits per heavy atom. The van der Waals surface area contributed by atoms with E-state index < -0.39 is 23.6 Å². The number of carboxylic acid groups (broad SMARTS) is 2. The van der Waals surface area contributed by atoms with Crippen molar-refractivity contribution in [3.63, 3.8) is 0 Å². The fraction of sp³-hybridized carbons (Fsp3) is 0.117. The highest BCUT2D eigenvalue weighted by atomic mass is 32.1. The maximum absolute atomic E-state index is 14.2. The highest BCUT2D eigenvalue weighted by Crippen LogP contribution is 2.41. The van der Waals surface area contributed by atoms with Gasteiger partial charge in [0.15, 0.2) is 22.2 Å². The SMILES string of the molecule is CNC(=S)NN.CNC(=S)NNC(=O)c1ccccc1-c1nc2ccc(F)cn2c1Nc1c(C)cccc1C.CNc1nnc(-c2ccccc2-c2nc3ccc(F)cn3c2Nc2c(C)cccc2C)o1.Cc1cccc(C)c1Nc1c(-c2ccccc2C(=O)O)nc2ccc(F)cn12.Nc1ccc(F)cn1.O=Cc1ccccc1C(=O)O.[C-]#[N+]c1c(C)cccc1C. The molecule has 16 rings (SSSR count). The molecule has 128 heavy (non-hydrogen) atoms. The number of carbonyl (C=O) groups excluding carboxylic acids is 2. The summed E-state index contributed by atoms with van der Waals surface area (Å²) in [5.41, 5.74) is 31.2. The van der Waals surface area contributed by atoms with Crippen molar-refractivity contribution >= 4 is 128 Å². The number of carbonyl (C=O) groups is 4. The van der Waals surface area contributed by atoms with Gasteiger partial charge in [0.05, 0.1) is 29.5 Å². The number of para-hydroxylation sites is 4. The molecule has 8 heterocycles. The number of carboxylic acids is 2. The van der Waals surface area contributed by atoms with Gasteiger partial charge in [-0.2, -0.15) is 0 Å². The Morgan fingerprint density at radius 3 is 1.18 bits per heavy atom. The van der Waals surface area contributed by atoms with E-state index in [-0.39, 0.29) is 39.3 Å². The van der Waals surface area contributed by atoms with Crippen molar-refractivity contribution in [2.24, 2.45) is 5.84 Å². The van der Waals surface area contributed by atoms with Crippen LogP contribution in [0.4, 0.5) is 69.6 Å². The van der Waals surface area contributed by atoms with Gasteiger partial charge >= 0.3 is 18.0 Å². The first kappa shape index (κ1) is 94.0. The number of aldehydes is 1. The largest absolute Gasteiger partial charge is 0.478 e. The number of aromatic nitrogens is 9. The van der Waals surface area contributed by atoms with Crippen LogP contribution in [0.2, 0.25) is 0 Å². The van der Waals surface area contributed by atoms with Gasteiger partial charge in [-0.15, -0.1) is 5.10 Å². The van der Waals surface area contributed by atoms with E-state index in [1.54, 1.807) is 101 Å². The van der Waals surface area contributed by atoms with Gasteiger partial charge in [0.25, 0.3) is 5.91 Å². The van der Waals surface area contributed by atoms with Crippen LogP contribution in [0.3, 0.4) is 0 Å². The number of nitrogen functional groups attached to an aromatic ring is 1. The van der Waals surface area contributed by atoms with Crippen LogP contribution in [0.15, 0.2) is 248 Å². The molecule has 0 saturated carbocycles. The number of fused-ring (bicyclic) bond motifs is 3. The molecular formula is C94H89F4N21O7S2. The summed E-state index contributed by atoms with van der Waals surface area (Å²) in [5.74, 6) is 3.23. The third-order valence-electron chi connectivity index (χ3n) is 19.3. The zero-order valence-electron chi connectivity index (χ0n) is 71.1. The number of amides is 1. The molecule has 34 heteroatoms. The quantitative estimate of drug-likeness (QED) is 0.0113. The Labute approximate surface area is 744 Å². The van der Waals surface area contributed by atoms with Crippen molar-refractivity contribution in [1.29, 1.82) is 0 Å². The number of anilines is 8. The third kappa shape index (κ3) is 23.6. The number of hydrogen-bond donors (Lipinski definition) is 13. The van der Waals surface area contributed by atoms with Crippen LogP contribution in [-0.2, 0) is 0 Å². The Kier molecular flexibility index (Phi) is 32.5. The lowest BCUT2D eigenvalue weighted by atomic mass is 10.0. The smallest absolute Gasteiger partial charge is 0.336 e. The number of thiocarbonyl (C=S) groups is 2. The van der Waals surface area contributed by atoms with Gasteiger partial charge in [-0.05, 0) is 197 Å². The maximum Gasteiger partial charge on any atom is 0.336 e. The minimum Gasteiger partial charge on any atom is -0.478 e. The zero-order valence-corrected chi connectivity index (χ0v) is 72.7. The predicted molar refractivity (Wildman–Crippen MR) is 500 cm³/mol. The molecule has 0 bridgehead atoms. The van der Waals surface area contributed by atoms with E-state index >= 15 is 0 Å². The lowest BCUT2D eigenvalue weighted by molar-refractivity contribution is 0.0685. The average molecular weight is 1770 g/mol. The summed E-state index contributed by atoms with van der Waals surface area (Å²) in [5, 5.41) is 45.5. The summed E-state index contributed by atoms with van der Waals surface area (Å²) >= 11 is 9.53. The van der Waals surface area contributed by atoms with Gasteiger partial charge in [0, 0.05) is 84.6 Å². The number of rotatable bonds is 15. The molecule has 1 amide bonds. The third-order valence-corrected chi connectivity index (χ3v) is 19.9. The van der Waals surface area contributed by atoms with E-state index in [0.29, 0.717) is 97.3 Å². The minimum atomic E-state index is -1.08. The number of hydrazine groups is 2. The van der Waals surface area contributed by atoms with Gasteiger partial charge in [-0.3, -0.25) is 33.6 Å². The zero-order chi connectivity index (χ0) is 92.4. The number of nitrogens with two attached hydrogens (primary N) is 2.